The van der Waals surface area contributed by atoms with Gasteiger partial charge in [0, 0.05) is 18.1 Å². The number of rotatable bonds is 6. The molecule has 0 saturated carbocycles. The third-order valence-corrected chi connectivity index (χ3v) is 3.84. The summed E-state index contributed by atoms with van der Waals surface area (Å²) in [5.74, 6) is 0. The SMILES string of the molecule is CC(C)NC[C@@H](O)c1ccc([C@H](C)N(C(=O)O)C(C)(C)C)cc1. The molecule has 23 heavy (non-hydrogen) atoms. The zero-order chi connectivity index (χ0) is 17.8. The molecule has 5 nitrogen and oxygen atoms in total. The van der Waals surface area contributed by atoms with Crippen molar-refractivity contribution in [2.45, 2.75) is 65.3 Å². The van der Waals surface area contributed by atoms with Crippen LogP contribution in [0.25, 0.3) is 0 Å². The monoisotopic (exact) mass is 322 g/mol. The summed E-state index contributed by atoms with van der Waals surface area (Å²) in [6.07, 6.45) is -1.50. The Balaban J connectivity index is 2.88. The molecule has 3 N–H and O–H groups in total. The Morgan fingerprint density at radius 2 is 1.61 bits per heavy atom. The minimum Gasteiger partial charge on any atom is -0.465 e. The Labute approximate surface area is 139 Å². The zero-order valence-corrected chi connectivity index (χ0v) is 15.0. The second-order valence-electron chi connectivity index (χ2n) is 7.24. The highest BCUT2D eigenvalue weighted by Gasteiger charge is 2.31. The quantitative estimate of drug-likeness (QED) is 0.749. The molecule has 1 aromatic rings. The van der Waals surface area contributed by atoms with E-state index in [2.05, 4.69) is 5.32 Å². The smallest absolute Gasteiger partial charge is 0.408 e. The van der Waals surface area contributed by atoms with Crippen LogP contribution in [0.2, 0.25) is 0 Å². The van der Waals surface area contributed by atoms with Crippen molar-refractivity contribution in [3.63, 3.8) is 0 Å². The van der Waals surface area contributed by atoms with Gasteiger partial charge in [0.1, 0.15) is 0 Å². The van der Waals surface area contributed by atoms with Crippen molar-refractivity contribution in [3.8, 4) is 0 Å². The molecule has 0 fully saturated rings. The van der Waals surface area contributed by atoms with Crippen LogP contribution in [0.5, 0.6) is 0 Å². The van der Waals surface area contributed by atoms with E-state index in [1.54, 1.807) is 0 Å². The largest absolute Gasteiger partial charge is 0.465 e. The molecule has 1 amide bonds. The highest BCUT2D eigenvalue weighted by Crippen LogP contribution is 2.28. The first kappa shape index (κ1) is 19.5. The van der Waals surface area contributed by atoms with Gasteiger partial charge in [0.05, 0.1) is 12.1 Å². The Kier molecular flexibility index (Phi) is 6.59. The third-order valence-electron chi connectivity index (χ3n) is 3.84. The van der Waals surface area contributed by atoms with E-state index in [1.807, 2.05) is 65.8 Å². The molecule has 0 aromatic heterocycles. The first-order valence-electron chi connectivity index (χ1n) is 8.07. The van der Waals surface area contributed by atoms with Crippen LogP contribution in [0.4, 0.5) is 4.79 Å². The van der Waals surface area contributed by atoms with Crippen molar-refractivity contribution in [1.82, 2.24) is 10.2 Å². The van der Waals surface area contributed by atoms with Gasteiger partial charge in [-0.3, -0.25) is 4.90 Å². The number of aliphatic hydroxyl groups is 1. The van der Waals surface area contributed by atoms with E-state index in [0.717, 1.165) is 11.1 Å². The fraction of sp³-hybridized carbons (Fsp3) is 0.611. The van der Waals surface area contributed by atoms with Crippen LogP contribution in [-0.4, -0.2) is 39.3 Å². The van der Waals surface area contributed by atoms with Crippen molar-refractivity contribution < 1.29 is 15.0 Å². The predicted octanol–water partition coefficient (Wildman–Crippen LogP) is 3.56. The van der Waals surface area contributed by atoms with Gasteiger partial charge in [0.2, 0.25) is 0 Å². The molecule has 0 heterocycles. The van der Waals surface area contributed by atoms with Gasteiger partial charge in [-0.25, -0.2) is 4.79 Å². The number of carbonyl (C=O) groups is 1. The molecule has 5 heteroatoms. The van der Waals surface area contributed by atoms with Crippen molar-refractivity contribution in [2.24, 2.45) is 0 Å². The van der Waals surface area contributed by atoms with Gasteiger partial charge in [-0.15, -0.1) is 0 Å². The Morgan fingerprint density at radius 1 is 1.13 bits per heavy atom. The minimum absolute atomic E-state index is 0.257. The van der Waals surface area contributed by atoms with Crippen molar-refractivity contribution in [3.05, 3.63) is 35.4 Å². The van der Waals surface area contributed by atoms with E-state index in [4.69, 9.17) is 0 Å². The Morgan fingerprint density at radius 3 is 2.00 bits per heavy atom. The number of nitrogens with one attached hydrogen (secondary N) is 1. The van der Waals surface area contributed by atoms with E-state index in [0.29, 0.717) is 12.6 Å². The topological polar surface area (TPSA) is 72.8 Å². The molecule has 0 aliphatic heterocycles. The van der Waals surface area contributed by atoms with Crippen LogP contribution in [0.15, 0.2) is 24.3 Å². The van der Waals surface area contributed by atoms with Crippen LogP contribution < -0.4 is 5.32 Å². The molecule has 0 saturated heterocycles. The zero-order valence-electron chi connectivity index (χ0n) is 15.0. The molecule has 0 radical (unpaired) electrons. The molecule has 0 spiro atoms. The summed E-state index contributed by atoms with van der Waals surface area (Å²) in [4.78, 5) is 13.0. The van der Waals surface area contributed by atoms with Crippen molar-refractivity contribution in [1.29, 1.82) is 0 Å². The lowest BCUT2D eigenvalue weighted by atomic mass is 9.98. The summed E-state index contributed by atoms with van der Waals surface area (Å²) in [7, 11) is 0. The van der Waals surface area contributed by atoms with Crippen LogP contribution >= 0.6 is 0 Å². The van der Waals surface area contributed by atoms with Crippen LogP contribution in [0.3, 0.4) is 0 Å². The Hall–Kier alpha value is -1.59. The number of hydrogen-bond acceptors (Lipinski definition) is 3. The number of nitrogens with zero attached hydrogens (tertiary/aromatic N) is 1. The first-order chi connectivity index (χ1) is 10.5. The average Bonchev–Trinajstić information content (AvgIpc) is 2.42. The number of amides is 1. The summed E-state index contributed by atoms with van der Waals surface area (Å²) in [5, 5.41) is 22.8. The van der Waals surface area contributed by atoms with Crippen LogP contribution in [-0.2, 0) is 0 Å². The average molecular weight is 322 g/mol. The number of hydrogen-bond donors (Lipinski definition) is 3. The summed E-state index contributed by atoms with van der Waals surface area (Å²) >= 11 is 0. The van der Waals surface area contributed by atoms with Gasteiger partial charge in [0.15, 0.2) is 0 Å². The van der Waals surface area contributed by atoms with E-state index in [-0.39, 0.29) is 6.04 Å². The summed E-state index contributed by atoms with van der Waals surface area (Å²) in [6, 6.07) is 7.57. The van der Waals surface area contributed by atoms with Gasteiger partial charge in [0.25, 0.3) is 0 Å². The van der Waals surface area contributed by atoms with Crippen LogP contribution in [0, 0.1) is 0 Å². The molecule has 1 aromatic carbocycles. The van der Waals surface area contributed by atoms with E-state index < -0.39 is 17.7 Å². The molecule has 0 aliphatic rings. The molecular weight excluding hydrogens is 292 g/mol. The van der Waals surface area contributed by atoms with E-state index in [1.165, 1.54) is 4.90 Å². The maximum absolute atomic E-state index is 11.6. The Bertz CT molecular complexity index is 506. The lowest BCUT2D eigenvalue weighted by molar-refractivity contribution is 0.0752. The lowest BCUT2D eigenvalue weighted by Crippen LogP contribution is -2.46. The fourth-order valence-electron chi connectivity index (χ4n) is 2.64. The van der Waals surface area contributed by atoms with Gasteiger partial charge < -0.3 is 15.5 Å². The molecule has 2 atom stereocenters. The maximum atomic E-state index is 11.6. The number of aliphatic hydroxyl groups excluding tert-OH is 1. The molecular formula is C18H30N2O3. The highest BCUT2D eigenvalue weighted by atomic mass is 16.4. The number of carboxylic acid groups (broad SMARTS) is 1. The molecule has 130 valence electrons. The molecule has 1 rings (SSSR count). The van der Waals surface area contributed by atoms with Gasteiger partial charge in [-0.2, -0.15) is 0 Å². The summed E-state index contributed by atoms with van der Waals surface area (Å²) < 4.78 is 0. The van der Waals surface area contributed by atoms with Gasteiger partial charge >= 0.3 is 6.09 Å². The third kappa shape index (κ3) is 5.52. The van der Waals surface area contributed by atoms with E-state index >= 15 is 0 Å². The number of benzene rings is 1. The predicted molar refractivity (Wildman–Crippen MR) is 92.6 cm³/mol. The van der Waals surface area contributed by atoms with Crippen molar-refractivity contribution in [2.75, 3.05) is 6.54 Å². The second-order valence-corrected chi connectivity index (χ2v) is 7.24. The maximum Gasteiger partial charge on any atom is 0.408 e. The first-order valence-corrected chi connectivity index (χ1v) is 8.07. The lowest BCUT2D eigenvalue weighted by Gasteiger charge is -2.38. The minimum atomic E-state index is -0.935. The molecule has 0 bridgehead atoms. The van der Waals surface area contributed by atoms with Gasteiger partial charge in [-0.1, -0.05) is 38.1 Å². The summed E-state index contributed by atoms with van der Waals surface area (Å²) in [6.45, 7) is 12.1. The van der Waals surface area contributed by atoms with Gasteiger partial charge in [-0.05, 0) is 38.8 Å². The summed E-state index contributed by atoms with van der Waals surface area (Å²) in [5.41, 5.74) is 1.26. The van der Waals surface area contributed by atoms with Crippen molar-refractivity contribution >= 4 is 6.09 Å². The normalized spacial score (nSPS) is 14.6. The van der Waals surface area contributed by atoms with Crippen LogP contribution in [0.1, 0.15) is 64.8 Å². The fourth-order valence-corrected chi connectivity index (χ4v) is 2.64. The second kappa shape index (κ2) is 7.79. The molecule has 0 aliphatic carbocycles. The highest BCUT2D eigenvalue weighted by molar-refractivity contribution is 5.66. The van der Waals surface area contributed by atoms with E-state index in [9.17, 15) is 15.0 Å². The standard InChI is InChI=1S/C18H30N2O3/c1-12(2)19-11-16(21)15-9-7-14(8-10-15)13(3)20(17(22)23)18(4,5)6/h7-10,12-13,16,19,21H,11H2,1-6H3,(H,22,23)/t13-,16+/m0/s1. The molecule has 0 unspecified atom stereocenters.